The van der Waals surface area contributed by atoms with E-state index >= 15 is 0 Å². The lowest BCUT2D eigenvalue weighted by atomic mass is 10.0. The largest absolute Gasteiger partial charge is 0.462 e. The number of hydrogen-bond acceptors (Lipinski definition) is 5. The van der Waals surface area contributed by atoms with Gasteiger partial charge in [-0.1, -0.05) is 294 Å². The van der Waals surface area contributed by atoms with E-state index < -0.39 is 6.10 Å². The lowest BCUT2D eigenvalue weighted by Crippen LogP contribution is -2.28. The first kappa shape index (κ1) is 67.9. The Kier molecular flexibility index (Phi) is 59.3. The molecule has 0 aromatic heterocycles. The van der Waals surface area contributed by atoms with Crippen molar-refractivity contribution in [2.24, 2.45) is 0 Å². The summed E-state index contributed by atoms with van der Waals surface area (Å²) in [5, 5.41) is 9.67. The topological polar surface area (TPSA) is 72.8 Å². The van der Waals surface area contributed by atoms with E-state index in [0.717, 1.165) is 51.4 Å². The molecule has 0 saturated carbocycles. The molecule has 410 valence electrons. The fraction of sp³-hybridized carbons (Fsp3) is 0.846. The molecule has 0 rings (SSSR count). The fourth-order valence-electron chi connectivity index (χ4n) is 9.38. The average molecular weight is 982 g/mol. The molecule has 1 unspecified atom stereocenters. The molecule has 0 bridgehead atoms. The molecule has 1 N–H and O–H groups in total. The monoisotopic (exact) mass is 981 g/mol. The second-order valence-electron chi connectivity index (χ2n) is 21.1. The van der Waals surface area contributed by atoms with Gasteiger partial charge in [0.2, 0.25) is 0 Å². The quantitative estimate of drug-likeness (QED) is 0.0373. The number of esters is 2. The molecule has 70 heavy (non-hydrogen) atoms. The van der Waals surface area contributed by atoms with E-state index in [1.807, 2.05) is 0 Å². The molecular weight excluding hydrogens is 861 g/mol. The number of hydrogen-bond donors (Lipinski definition) is 1. The summed E-state index contributed by atoms with van der Waals surface area (Å²) >= 11 is 0. The summed E-state index contributed by atoms with van der Waals surface area (Å²) in [6, 6.07) is 0. The standard InChI is InChI=1S/C65H120O5/c1-3-5-7-9-11-13-15-17-19-21-23-25-27-28-29-30-31-32-33-34-35-36-38-40-42-44-46-48-50-52-54-56-58-60-65(68)70-63(61-66)62-69-64(67)59-57-55-53-51-49-47-45-43-41-39-37-26-24-22-20-18-16-14-12-10-8-6-4-2/h15,17,21-24,27-28,63,66H,3-14,16,18-20,25-26,29-62H2,1-2H3/b17-15-,23-21-,24-22-,28-27-. The van der Waals surface area contributed by atoms with Gasteiger partial charge in [0.1, 0.15) is 6.61 Å². The number of rotatable bonds is 58. The Hall–Kier alpha value is -2.14. The van der Waals surface area contributed by atoms with Crippen LogP contribution in [0.3, 0.4) is 0 Å². The summed E-state index contributed by atoms with van der Waals surface area (Å²) in [6.45, 7) is 4.17. The predicted molar refractivity (Wildman–Crippen MR) is 307 cm³/mol. The highest BCUT2D eigenvalue weighted by Crippen LogP contribution is 2.17. The molecule has 0 saturated heterocycles. The molecule has 0 heterocycles. The lowest BCUT2D eigenvalue weighted by molar-refractivity contribution is -0.161. The number of allylic oxidation sites excluding steroid dienone is 8. The third-order valence-electron chi connectivity index (χ3n) is 14.1. The molecule has 0 aromatic carbocycles. The minimum Gasteiger partial charge on any atom is -0.462 e. The summed E-state index contributed by atoms with van der Waals surface area (Å²) in [7, 11) is 0. The van der Waals surface area contributed by atoms with Crippen molar-refractivity contribution >= 4 is 11.9 Å². The zero-order chi connectivity index (χ0) is 50.6. The predicted octanol–water partition coefficient (Wildman–Crippen LogP) is 21.2. The third-order valence-corrected chi connectivity index (χ3v) is 14.1. The van der Waals surface area contributed by atoms with Crippen molar-refractivity contribution in [2.45, 2.75) is 341 Å². The van der Waals surface area contributed by atoms with E-state index in [2.05, 4.69) is 62.5 Å². The van der Waals surface area contributed by atoms with Crippen LogP contribution in [0.4, 0.5) is 0 Å². The van der Waals surface area contributed by atoms with Gasteiger partial charge in [0.15, 0.2) is 6.10 Å². The molecule has 0 aliphatic rings. The molecule has 0 aliphatic heterocycles. The van der Waals surface area contributed by atoms with Gasteiger partial charge in [-0.2, -0.15) is 0 Å². The second kappa shape index (κ2) is 61.2. The highest BCUT2D eigenvalue weighted by Gasteiger charge is 2.16. The number of aliphatic hydroxyl groups is 1. The first-order valence-corrected chi connectivity index (χ1v) is 31.2. The molecule has 0 fully saturated rings. The van der Waals surface area contributed by atoms with Crippen LogP contribution in [-0.4, -0.2) is 36.4 Å². The van der Waals surface area contributed by atoms with Crippen LogP contribution in [0.15, 0.2) is 48.6 Å². The minimum atomic E-state index is -0.772. The van der Waals surface area contributed by atoms with Crippen molar-refractivity contribution in [2.75, 3.05) is 13.2 Å². The molecule has 0 amide bonds. The van der Waals surface area contributed by atoms with Gasteiger partial charge in [0, 0.05) is 12.8 Å². The average Bonchev–Trinajstić information content (AvgIpc) is 3.36. The minimum absolute atomic E-state index is 0.0625. The van der Waals surface area contributed by atoms with Gasteiger partial charge in [-0.25, -0.2) is 0 Å². The summed E-state index contributed by atoms with van der Waals surface area (Å²) in [6.07, 6.45) is 81.1. The summed E-state index contributed by atoms with van der Waals surface area (Å²) in [5.41, 5.74) is 0. The van der Waals surface area contributed by atoms with Crippen LogP contribution in [0.2, 0.25) is 0 Å². The van der Waals surface area contributed by atoms with Crippen molar-refractivity contribution in [1.29, 1.82) is 0 Å². The second-order valence-corrected chi connectivity index (χ2v) is 21.1. The Morgan fingerprint density at radius 1 is 0.329 bits per heavy atom. The van der Waals surface area contributed by atoms with Crippen molar-refractivity contribution in [1.82, 2.24) is 0 Å². The Morgan fingerprint density at radius 2 is 0.571 bits per heavy atom. The SMILES string of the molecule is CCCCCCC/C=C\C/C=C\C/C=C\CCCCCCCCCCCCCCCCCCCCC(=O)OC(CO)COC(=O)CCCCCCCCCCCCC/C=C\CCCCCCCCCC. The van der Waals surface area contributed by atoms with Gasteiger partial charge in [0.05, 0.1) is 6.61 Å². The highest BCUT2D eigenvalue weighted by atomic mass is 16.6. The molecule has 0 aromatic rings. The number of unbranched alkanes of at least 4 members (excludes halogenated alkanes) is 42. The van der Waals surface area contributed by atoms with Crippen LogP contribution < -0.4 is 0 Å². The molecule has 1 atom stereocenters. The number of ether oxygens (including phenoxy) is 2. The number of aliphatic hydroxyl groups excluding tert-OH is 1. The maximum absolute atomic E-state index is 12.3. The number of carbonyl (C=O) groups excluding carboxylic acids is 2. The van der Waals surface area contributed by atoms with Crippen LogP contribution >= 0.6 is 0 Å². The molecule has 0 radical (unpaired) electrons. The van der Waals surface area contributed by atoms with Crippen LogP contribution in [0.5, 0.6) is 0 Å². The maximum atomic E-state index is 12.3. The van der Waals surface area contributed by atoms with E-state index in [-0.39, 0.29) is 25.2 Å². The Labute approximate surface area is 437 Å². The summed E-state index contributed by atoms with van der Waals surface area (Å²) in [5.74, 6) is -0.575. The Balaban J connectivity index is 3.43. The van der Waals surface area contributed by atoms with Crippen molar-refractivity contribution in [3.05, 3.63) is 48.6 Å². The van der Waals surface area contributed by atoms with E-state index in [4.69, 9.17) is 9.47 Å². The van der Waals surface area contributed by atoms with Gasteiger partial charge in [-0.3, -0.25) is 9.59 Å². The zero-order valence-electron chi connectivity index (χ0n) is 47.0. The highest BCUT2D eigenvalue weighted by molar-refractivity contribution is 5.70. The zero-order valence-corrected chi connectivity index (χ0v) is 47.0. The van der Waals surface area contributed by atoms with Crippen molar-refractivity contribution in [3.63, 3.8) is 0 Å². The van der Waals surface area contributed by atoms with Crippen molar-refractivity contribution in [3.8, 4) is 0 Å². The van der Waals surface area contributed by atoms with Crippen LogP contribution in [0.25, 0.3) is 0 Å². The molecular formula is C65H120O5. The first-order chi connectivity index (χ1) is 34.6. The molecule has 5 nitrogen and oxygen atoms in total. The van der Waals surface area contributed by atoms with Crippen LogP contribution in [-0.2, 0) is 19.1 Å². The summed E-state index contributed by atoms with van der Waals surface area (Å²) in [4.78, 5) is 24.6. The third kappa shape index (κ3) is 58.4. The van der Waals surface area contributed by atoms with Gasteiger partial charge in [-0.05, 0) is 77.0 Å². The van der Waals surface area contributed by atoms with Gasteiger partial charge in [-0.15, -0.1) is 0 Å². The van der Waals surface area contributed by atoms with Crippen LogP contribution in [0.1, 0.15) is 335 Å². The smallest absolute Gasteiger partial charge is 0.306 e. The van der Waals surface area contributed by atoms with Crippen LogP contribution in [0, 0.1) is 0 Å². The Bertz CT molecular complexity index is 1150. The van der Waals surface area contributed by atoms with Gasteiger partial charge >= 0.3 is 11.9 Å². The van der Waals surface area contributed by atoms with E-state index in [1.54, 1.807) is 0 Å². The first-order valence-electron chi connectivity index (χ1n) is 31.2. The van der Waals surface area contributed by atoms with E-state index in [9.17, 15) is 14.7 Å². The molecule has 0 aliphatic carbocycles. The van der Waals surface area contributed by atoms with E-state index in [0.29, 0.717) is 12.8 Å². The normalized spacial score (nSPS) is 12.4. The van der Waals surface area contributed by atoms with Crippen molar-refractivity contribution < 1.29 is 24.2 Å². The molecule has 5 heteroatoms. The fourth-order valence-corrected chi connectivity index (χ4v) is 9.38. The Morgan fingerprint density at radius 3 is 0.871 bits per heavy atom. The van der Waals surface area contributed by atoms with Gasteiger partial charge < -0.3 is 14.6 Å². The molecule has 0 spiro atoms. The lowest BCUT2D eigenvalue weighted by Gasteiger charge is -2.15. The number of carbonyl (C=O) groups is 2. The van der Waals surface area contributed by atoms with E-state index in [1.165, 1.54) is 257 Å². The summed E-state index contributed by atoms with van der Waals surface area (Å²) < 4.78 is 10.7. The maximum Gasteiger partial charge on any atom is 0.306 e. The van der Waals surface area contributed by atoms with Gasteiger partial charge in [0.25, 0.3) is 0 Å².